The Morgan fingerprint density at radius 3 is 1.92 bits per heavy atom. The van der Waals surface area contributed by atoms with Gasteiger partial charge in [0, 0.05) is 55.6 Å². The number of aryl methyl sites for hydroxylation is 5. The van der Waals surface area contributed by atoms with Crippen LogP contribution in [0.25, 0.3) is 22.0 Å². The molecule has 257 valence electrons. The van der Waals surface area contributed by atoms with Crippen molar-refractivity contribution in [3.05, 3.63) is 94.4 Å². The molecule has 1 aliphatic rings. The number of rotatable bonds is 9. The molecule has 0 spiro atoms. The number of benzene rings is 3. The summed E-state index contributed by atoms with van der Waals surface area (Å²) in [5, 5.41) is 12.1. The summed E-state index contributed by atoms with van der Waals surface area (Å²) in [7, 11) is 4.41. The van der Waals surface area contributed by atoms with Crippen molar-refractivity contribution in [2.45, 2.75) is 88.0 Å². The summed E-state index contributed by atoms with van der Waals surface area (Å²) in [5.41, 5.74) is 12.3. The summed E-state index contributed by atoms with van der Waals surface area (Å²) in [6.45, 7) is 19.1. The summed E-state index contributed by atoms with van der Waals surface area (Å²) < 4.78 is 0. The van der Waals surface area contributed by atoms with Gasteiger partial charge in [0.1, 0.15) is 0 Å². The number of hydrogen-bond donors (Lipinski definition) is 1. The molecule has 0 unspecified atom stereocenters. The van der Waals surface area contributed by atoms with Crippen LogP contribution in [-0.2, 0) is 24.9 Å². The number of aliphatic hydroxyl groups is 1. The SMILES string of the molecule is CCC(CC)C(=O)/C=C(\O)C(CC)CC.Cc1[c-]c(-c2nccc3cc4c(cc23)N(C)B(c2c(C)cc(C)cc2C)N4C)cc(C)c1.[Ir]. The van der Waals surface area contributed by atoms with Gasteiger partial charge in [0.2, 0.25) is 0 Å². The van der Waals surface area contributed by atoms with Gasteiger partial charge in [-0.05, 0) is 101 Å². The van der Waals surface area contributed by atoms with Crippen LogP contribution in [0.5, 0.6) is 0 Å². The molecule has 5 rings (SSSR count). The molecule has 48 heavy (non-hydrogen) atoms. The van der Waals surface area contributed by atoms with E-state index in [4.69, 9.17) is 4.98 Å². The van der Waals surface area contributed by atoms with Crippen LogP contribution < -0.4 is 15.1 Å². The number of carbonyl (C=O) groups excluding carboxylic acids is 1. The van der Waals surface area contributed by atoms with Gasteiger partial charge in [0.15, 0.2) is 5.78 Å². The summed E-state index contributed by atoms with van der Waals surface area (Å²) in [6.07, 6.45) is 6.82. The second kappa shape index (κ2) is 16.8. The molecule has 4 aromatic rings. The molecular weight excluding hydrogens is 769 g/mol. The van der Waals surface area contributed by atoms with Crippen LogP contribution in [-0.4, -0.2) is 37.0 Å². The molecule has 0 atom stereocenters. The third kappa shape index (κ3) is 8.24. The first-order valence-electron chi connectivity index (χ1n) is 17.3. The van der Waals surface area contributed by atoms with Gasteiger partial charge < -0.3 is 19.7 Å². The average Bonchev–Trinajstić information content (AvgIpc) is 3.24. The maximum absolute atomic E-state index is 11.7. The Bertz CT molecular complexity index is 1730. The van der Waals surface area contributed by atoms with E-state index in [2.05, 4.69) is 107 Å². The second-order valence-electron chi connectivity index (χ2n) is 13.4. The number of hydrogen-bond acceptors (Lipinski definition) is 5. The molecule has 0 bridgehead atoms. The summed E-state index contributed by atoms with van der Waals surface area (Å²) in [4.78, 5) is 21.3. The van der Waals surface area contributed by atoms with Crippen LogP contribution in [0.3, 0.4) is 0 Å². The van der Waals surface area contributed by atoms with Crippen molar-refractivity contribution in [3.8, 4) is 11.3 Å². The minimum Gasteiger partial charge on any atom is -0.512 e. The van der Waals surface area contributed by atoms with E-state index in [1.165, 1.54) is 55.9 Å². The van der Waals surface area contributed by atoms with Gasteiger partial charge in [0.25, 0.3) is 0 Å². The minimum atomic E-state index is 0. The van der Waals surface area contributed by atoms with E-state index < -0.39 is 0 Å². The monoisotopic (exact) mass is 823 g/mol. The average molecular weight is 823 g/mol. The van der Waals surface area contributed by atoms with Gasteiger partial charge in [-0.3, -0.25) is 4.79 Å². The number of fused-ring (bicyclic) bond motifs is 2. The zero-order valence-electron chi connectivity index (χ0n) is 30.8. The van der Waals surface area contributed by atoms with Crippen molar-refractivity contribution >= 4 is 40.4 Å². The Morgan fingerprint density at radius 2 is 1.38 bits per heavy atom. The first kappa shape index (κ1) is 39.0. The van der Waals surface area contributed by atoms with Crippen molar-refractivity contribution in [1.82, 2.24) is 4.98 Å². The van der Waals surface area contributed by atoms with Crippen molar-refractivity contribution < 1.29 is 30.0 Å². The molecule has 1 aliphatic heterocycles. The molecule has 1 N–H and O–H groups in total. The number of aliphatic hydroxyl groups excluding tert-OH is 1. The number of pyridine rings is 1. The van der Waals surface area contributed by atoms with Crippen LogP contribution in [0.15, 0.2) is 60.5 Å². The Labute approximate surface area is 303 Å². The second-order valence-corrected chi connectivity index (χ2v) is 13.4. The van der Waals surface area contributed by atoms with E-state index in [1.54, 1.807) is 0 Å². The number of nitrogens with zero attached hydrogens (tertiary/aromatic N) is 3. The van der Waals surface area contributed by atoms with Gasteiger partial charge in [-0.1, -0.05) is 70.4 Å². The zero-order valence-corrected chi connectivity index (χ0v) is 33.2. The van der Waals surface area contributed by atoms with Gasteiger partial charge in [-0.15, -0.1) is 34.9 Å². The standard InChI is InChI=1S/C28H29BN3.C13H24O2.Ir/c1-17-10-18(2)14-23(13-17)28-24-16-26-25(15-22(24)8-9-30-28)31(6)29(32(26)7)27-20(4)11-19(3)12-21(27)5;1-5-10(6-2)12(14)9-13(15)11(7-3)8-4;/h8-13,15-16H,1-7H3;9-11,14H,5-8H2,1-4H3;/q-1;;/b;12-9-;. The Hall–Kier alpha value is -3.41. The summed E-state index contributed by atoms with van der Waals surface area (Å²) in [6, 6.07) is 19.2. The third-order valence-electron chi connectivity index (χ3n) is 9.83. The van der Waals surface area contributed by atoms with E-state index >= 15 is 0 Å². The molecule has 0 aliphatic carbocycles. The number of ketones is 1. The summed E-state index contributed by atoms with van der Waals surface area (Å²) in [5.74, 6) is 0.547. The van der Waals surface area contributed by atoms with Gasteiger partial charge >= 0.3 is 6.98 Å². The molecule has 0 fully saturated rings. The molecule has 7 heteroatoms. The topological polar surface area (TPSA) is 56.7 Å². The van der Waals surface area contributed by atoms with Crippen molar-refractivity contribution in [2.24, 2.45) is 11.8 Å². The van der Waals surface area contributed by atoms with Crippen LogP contribution in [0.4, 0.5) is 11.4 Å². The van der Waals surface area contributed by atoms with E-state index in [1.807, 2.05) is 33.9 Å². The van der Waals surface area contributed by atoms with Crippen molar-refractivity contribution in [3.63, 3.8) is 0 Å². The molecular formula is C41H53BIrN3O2-. The smallest absolute Gasteiger partial charge is 0.411 e. The fourth-order valence-electron chi connectivity index (χ4n) is 7.29. The molecule has 2 heterocycles. The first-order valence-corrected chi connectivity index (χ1v) is 17.3. The van der Waals surface area contributed by atoms with Gasteiger partial charge in [-0.2, -0.15) is 0 Å². The van der Waals surface area contributed by atoms with E-state index in [-0.39, 0.29) is 50.5 Å². The molecule has 0 saturated carbocycles. The quantitative estimate of drug-likeness (QED) is 0.0790. The van der Waals surface area contributed by atoms with Crippen LogP contribution in [0, 0.1) is 52.5 Å². The minimum absolute atomic E-state index is 0. The third-order valence-corrected chi connectivity index (χ3v) is 9.83. The number of allylic oxidation sites excluding steroid dienone is 2. The van der Waals surface area contributed by atoms with E-state index in [9.17, 15) is 9.90 Å². The maximum Gasteiger partial charge on any atom is 0.411 e. The largest absolute Gasteiger partial charge is 0.512 e. The number of anilines is 2. The molecule has 1 aromatic heterocycles. The first-order chi connectivity index (χ1) is 22.3. The van der Waals surface area contributed by atoms with Gasteiger partial charge in [-0.25, -0.2) is 0 Å². The Balaban J connectivity index is 0.000000334. The number of aromatic nitrogens is 1. The fraction of sp³-hybridized carbons (Fsp3) is 0.415. The zero-order chi connectivity index (χ0) is 34.6. The Kier molecular flexibility index (Phi) is 13.7. The van der Waals surface area contributed by atoms with Crippen molar-refractivity contribution in [1.29, 1.82) is 0 Å². The maximum atomic E-state index is 11.7. The molecule has 1 radical (unpaired) electrons. The molecule has 0 saturated heterocycles. The molecule has 3 aromatic carbocycles. The fourth-order valence-corrected chi connectivity index (χ4v) is 7.29. The molecule has 0 amide bonds. The normalized spacial score (nSPS) is 12.8. The van der Waals surface area contributed by atoms with Crippen LogP contribution in [0.1, 0.15) is 81.2 Å². The van der Waals surface area contributed by atoms with E-state index in [0.29, 0.717) is 0 Å². The van der Waals surface area contributed by atoms with Crippen molar-refractivity contribution in [2.75, 3.05) is 23.7 Å². The predicted molar refractivity (Wildman–Crippen MR) is 202 cm³/mol. The van der Waals surface area contributed by atoms with Crippen LogP contribution in [0.2, 0.25) is 0 Å². The Morgan fingerprint density at radius 1 is 0.833 bits per heavy atom. The number of carbonyl (C=O) groups is 1. The molecule has 5 nitrogen and oxygen atoms in total. The van der Waals surface area contributed by atoms with Gasteiger partial charge in [0.05, 0.1) is 5.76 Å². The summed E-state index contributed by atoms with van der Waals surface area (Å²) >= 11 is 0. The van der Waals surface area contributed by atoms with E-state index in [0.717, 1.165) is 42.5 Å². The predicted octanol–water partition coefficient (Wildman–Crippen LogP) is 9.39. The van der Waals surface area contributed by atoms with Crippen LogP contribution >= 0.6 is 0 Å².